The number of anilines is 1. The van der Waals surface area contributed by atoms with E-state index in [2.05, 4.69) is 81.2 Å². The van der Waals surface area contributed by atoms with Crippen molar-refractivity contribution in [2.24, 2.45) is 4.99 Å². The Morgan fingerprint density at radius 2 is 1.72 bits per heavy atom. The van der Waals surface area contributed by atoms with Gasteiger partial charge in [-0.15, -0.1) is 0 Å². The van der Waals surface area contributed by atoms with Gasteiger partial charge < -0.3 is 15.5 Å². The maximum Gasteiger partial charge on any atom is 0.191 e. The minimum Gasteiger partial charge on any atom is -0.364 e. The summed E-state index contributed by atoms with van der Waals surface area (Å²) in [6, 6.07) is 19.2. The Morgan fingerprint density at radius 3 is 2.48 bits per heavy atom. The van der Waals surface area contributed by atoms with Crippen molar-refractivity contribution in [2.45, 2.75) is 13.0 Å². The van der Waals surface area contributed by atoms with Gasteiger partial charge >= 0.3 is 0 Å². The molecule has 4 heteroatoms. The molecule has 0 aromatic heterocycles. The van der Waals surface area contributed by atoms with E-state index in [1.807, 2.05) is 13.1 Å². The Kier molecular flexibility index (Phi) is 6.10. The maximum absolute atomic E-state index is 4.31. The first kappa shape index (κ1) is 17.1. The van der Waals surface area contributed by atoms with Crippen LogP contribution in [0.25, 0.3) is 0 Å². The predicted molar refractivity (Wildman–Crippen MR) is 106 cm³/mol. The van der Waals surface area contributed by atoms with Crippen molar-refractivity contribution < 1.29 is 0 Å². The van der Waals surface area contributed by atoms with Crippen molar-refractivity contribution in [2.75, 3.05) is 31.6 Å². The fourth-order valence-corrected chi connectivity index (χ4v) is 2.93. The summed E-state index contributed by atoms with van der Waals surface area (Å²) in [6.07, 6.45) is 5.41. The van der Waals surface area contributed by atoms with Crippen LogP contribution in [-0.2, 0) is 13.0 Å². The number of rotatable bonds is 6. The third-order valence-corrected chi connectivity index (χ3v) is 4.33. The molecule has 1 heterocycles. The van der Waals surface area contributed by atoms with Gasteiger partial charge in [-0.2, -0.15) is 0 Å². The molecule has 0 saturated carbocycles. The van der Waals surface area contributed by atoms with Gasteiger partial charge in [0.25, 0.3) is 0 Å². The standard InChI is InChI=1S/C21H26N4/c1-22-21(23-13-12-18-8-3-2-4-9-18)24-17-19-10-7-11-20(16-19)25-14-5-6-15-25/h2-11,16H,12-15,17H2,1H3,(H2,22,23,24). The Bertz CT molecular complexity index is 714. The van der Waals surface area contributed by atoms with Gasteiger partial charge in [0.1, 0.15) is 0 Å². The summed E-state index contributed by atoms with van der Waals surface area (Å²) in [6.45, 7) is 3.63. The highest BCUT2D eigenvalue weighted by Crippen LogP contribution is 2.18. The van der Waals surface area contributed by atoms with Crippen molar-refractivity contribution in [1.29, 1.82) is 0 Å². The summed E-state index contributed by atoms with van der Waals surface area (Å²) in [5, 5.41) is 6.77. The van der Waals surface area contributed by atoms with E-state index in [1.165, 1.54) is 16.8 Å². The van der Waals surface area contributed by atoms with Crippen LogP contribution >= 0.6 is 0 Å². The van der Waals surface area contributed by atoms with Gasteiger partial charge in [0.15, 0.2) is 5.96 Å². The highest BCUT2D eigenvalue weighted by atomic mass is 15.2. The Hall–Kier alpha value is -2.75. The van der Waals surface area contributed by atoms with E-state index in [0.29, 0.717) is 0 Å². The lowest BCUT2D eigenvalue weighted by molar-refractivity contribution is 0.794. The molecule has 0 spiro atoms. The summed E-state index contributed by atoms with van der Waals surface area (Å²) in [5.74, 6) is 0.837. The predicted octanol–water partition coefficient (Wildman–Crippen LogP) is 2.97. The molecule has 25 heavy (non-hydrogen) atoms. The van der Waals surface area contributed by atoms with E-state index in [4.69, 9.17) is 0 Å². The zero-order chi connectivity index (χ0) is 17.3. The van der Waals surface area contributed by atoms with Gasteiger partial charge in [0.05, 0.1) is 0 Å². The molecule has 2 aromatic rings. The fraction of sp³-hybridized carbons (Fsp3) is 0.286. The molecule has 2 N–H and O–H groups in total. The van der Waals surface area contributed by atoms with Crippen LogP contribution in [0.3, 0.4) is 0 Å². The zero-order valence-electron chi connectivity index (χ0n) is 14.8. The SMILES string of the molecule is CN=C(NCCc1ccccc1)NCc1cccc(N2CC=CC2)c1. The molecule has 0 radical (unpaired) electrons. The van der Waals surface area contributed by atoms with Crippen LogP contribution in [0.2, 0.25) is 0 Å². The van der Waals surface area contributed by atoms with Crippen molar-refractivity contribution >= 4 is 11.6 Å². The van der Waals surface area contributed by atoms with E-state index >= 15 is 0 Å². The first-order chi connectivity index (χ1) is 12.3. The second kappa shape index (κ2) is 8.92. The first-order valence-electron chi connectivity index (χ1n) is 8.82. The second-order valence-electron chi connectivity index (χ2n) is 6.13. The molecule has 4 nitrogen and oxygen atoms in total. The van der Waals surface area contributed by atoms with E-state index in [1.54, 1.807) is 0 Å². The van der Waals surface area contributed by atoms with Crippen LogP contribution in [0, 0.1) is 0 Å². The monoisotopic (exact) mass is 334 g/mol. The minimum absolute atomic E-state index is 0.764. The van der Waals surface area contributed by atoms with Gasteiger partial charge in [-0.1, -0.05) is 54.6 Å². The van der Waals surface area contributed by atoms with E-state index in [-0.39, 0.29) is 0 Å². The molecule has 2 aromatic carbocycles. The lowest BCUT2D eigenvalue weighted by atomic mass is 10.1. The molecular formula is C21H26N4. The van der Waals surface area contributed by atoms with Crippen molar-refractivity contribution in [1.82, 2.24) is 10.6 Å². The van der Waals surface area contributed by atoms with Crippen LogP contribution in [0.5, 0.6) is 0 Å². The third-order valence-electron chi connectivity index (χ3n) is 4.33. The molecule has 0 aliphatic carbocycles. The highest BCUT2D eigenvalue weighted by molar-refractivity contribution is 5.79. The van der Waals surface area contributed by atoms with Crippen molar-refractivity contribution in [3.63, 3.8) is 0 Å². The van der Waals surface area contributed by atoms with Crippen molar-refractivity contribution in [3.05, 3.63) is 77.9 Å². The van der Waals surface area contributed by atoms with Gasteiger partial charge in [-0.05, 0) is 29.7 Å². The number of benzene rings is 2. The summed E-state index contributed by atoms with van der Waals surface area (Å²) in [7, 11) is 1.81. The summed E-state index contributed by atoms with van der Waals surface area (Å²) in [4.78, 5) is 6.67. The first-order valence-corrected chi connectivity index (χ1v) is 8.82. The Balaban J connectivity index is 1.47. The number of guanidine groups is 1. The average Bonchev–Trinajstić information content (AvgIpc) is 3.20. The molecule has 0 fully saturated rings. The highest BCUT2D eigenvalue weighted by Gasteiger charge is 2.08. The summed E-state index contributed by atoms with van der Waals surface area (Å²) in [5.41, 5.74) is 3.86. The van der Waals surface area contributed by atoms with E-state index < -0.39 is 0 Å². The Labute approximate surface area is 150 Å². The number of hydrogen-bond donors (Lipinski definition) is 2. The lowest BCUT2D eigenvalue weighted by Gasteiger charge is -2.19. The summed E-state index contributed by atoms with van der Waals surface area (Å²) >= 11 is 0. The lowest BCUT2D eigenvalue weighted by Crippen LogP contribution is -2.37. The molecule has 0 bridgehead atoms. The topological polar surface area (TPSA) is 39.7 Å². The molecule has 130 valence electrons. The quantitative estimate of drug-likeness (QED) is 0.485. The maximum atomic E-state index is 4.31. The van der Waals surface area contributed by atoms with Crippen molar-refractivity contribution in [3.8, 4) is 0 Å². The molecule has 0 amide bonds. The number of nitrogens with zero attached hydrogens (tertiary/aromatic N) is 2. The van der Waals surface area contributed by atoms with Crippen LogP contribution in [0.4, 0.5) is 5.69 Å². The molecule has 1 aliphatic rings. The zero-order valence-corrected chi connectivity index (χ0v) is 14.8. The molecule has 0 saturated heterocycles. The largest absolute Gasteiger partial charge is 0.364 e. The van der Waals surface area contributed by atoms with Gasteiger partial charge in [-0.25, -0.2) is 0 Å². The van der Waals surface area contributed by atoms with Gasteiger partial charge in [-0.3, -0.25) is 4.99 Å². The average molecular weight is 334 g/mol. The van der Waals surface area contributed by atoms with Crippen LogP contribution in [0.15, 0.2) is 71.7 Å². The normalized spacial score (nSPS) is 14.0. The second-order valence-corrected chi connectivity index (χ2v) is 6.13. The molecular weight excluding hydrogens is 308 g/mol. The Morgan fingerprint density at radius 1 is 0.960 bits per heavy atom. The smallest absolute Gasteiger partial charge is 0.191 e. The minimum atomic E-state index is 0.764. The van der Waals surface area contributed by atoms with Gasteiger partial charge in [0.2, 0.25) is 0 Å². The van der Waals surface area contributed by atoms with E-state index in [9.17, 15) is 0 Å². The van der Waals surface area contributed by atoms with E-state index in [0.717, 1.165) is 38.6 Å². The third kappa shape index (κ3) is 5.11. The van der Waals surface area contributed by atoms with Crippen LogP contribution in [-0.4, -0.2) is 32.6 Å². The van der Waals surface area contributed by atoms with Crippen LogP contribution in [0.1, 0.15) is 11.1 Å². The number of nitrogens with one attached hydrogen (secondary N) is 2. The van der Waals surface area contributed by atoms with Gasteiger partial charge in [0, 0.05) is 38.9 Å². The molecule has 1 aliphatic heterocycles. The fourth-order valence-electron chi connectivity index (χ4n) is 2.93. The number of aliphatic imine (C=N–C) groups is 1. The molecule has 0 atom stereocenters. The summed E-state index contributed by atoms with van der Waals surface area (Å²) < 4.78 is 0. The number of hydrogen-bond acceptors (Lipinski definition) is 2. The van der Waals surface area contributed by atoms with Crippen LogP contribution < -0.4 is 15.5 Å². The molecule has 3 rings (SSSR count). The molecule has 0 unspecified atom stereocenters.